The molecule has 6 heteroatoms. The van der Waals surface area contributed by atoms with Crippen molar-refractivity contribution in [3.05, 3.63) is 32.3 Å². The molecule has 0 amide bonds. The summed E-state index contributed by atoms with van der Waals surface area (Å²) in [5.74, 6) is 1.40. The van der Waals surface area contributed by atoms with Crippen LogP contribution in [0.15, 0.2) is 12.1 Å². The summed E-state index contributed by atoms with van der Waals surface area (Å²) in [6.45, 7) is 3.06. The zero-order valence-corrected chi connectivity index (χ0v) is 12.2. The number of hydrogen-bond donors (Lipinski definition) is 1. The third-order valence-corrected chi connectivity index (χ3v) is 4.20. The van der Waals surface area contributed by atoms with Crippen LogP contribution in [0.25, 0.3) is 0 Å². The number of non-ortho nitro benzene ring substituents is 1. The van der Waals surface area contributed by atoms with E-state index >= 15 is 0 Å². The predicted molar refractivity (Wildman–Crippen MR) is 78.1 cm³/mol. The molecule has 19 heavy (non-hydrogen) atoms. The van der Waals surface area contributed by atoms with Crippen molar-refractivity contribution < 1.29 is 4.92 Å². The number of benzene rings is 1. The van der Waals surface area contributed by atoms with Crippen LogP contribution in [0, 0.1) is 22.0 Å². The summed E-state index contributed by atoms with van der Waals surface area (Å²) >= 11 is 12.1. The molecule has 0 aromatic heterocycles. The second-order valence-corrected chi connectivity index (χ2v) is 6.02. The van der Waals surface area contributed by atoms with E-state index in [9.17, 15) is 10.1 Å². The van der Waals surface area contributed by atoms with Gasteiger partial charge in [-0.3, -0.25) is 10.1 Å². The first-order valence-electron chi connectivity index (χ1n) is 6.34. The molecule has 0 bridgehead atoms. The van der Waals surface area contributed by atoms with Gasteiger partial charge in [0.05, 0.1) is 20.7 Å². The van der Waals surface area contributed by atoms with E-state index in [0.717, 1.165) is 12.5 Å². The standard InChI is InChI=1S/C13H16Cl2N2O2/c1-8-2-3-9(4-8)7-16-13-11(14)5-10(17(18)19)6-12(13)15/h5-6,8-9,16H,2-4,7H2,1H3. The fraction of sp³-hybridized carbons (Fsp3) is 0.538. The number of anilines is 1. The molecular weight excluding hydrogens is 287 g/mol. The lowest BCUT2D eigenvalue weighted by Gasteiger charge is -2.14. The van der Waals surface area contributed by atoms with E-state index in [2.05, 4.69) is 12.2 Å². The number of nitrogens with one attached hydrogen (secondary N) is 1. The molecule has 4 nitrogen and oxygen atoms in total. The number of rotatable bonds is 4. The summed E-state index contributed by atoms with van der Waals surface area (Å²) in [4.78, 5) is 10.2. The van der Waals surface area contributed by atoms with Crippen LogP contribution >= 0.6 is 23.2 Å². The molecule has 1 N–H and O–H groups in total. The molecular formula is C13H16Cl2N2O2. The average Bonchev–Trinajstić information content (AvgIpc) is 2.73. The Morgan fingerprint density at radius 2 is 2.00 bits per heavy atom. The van der Waals surface area contributed by atoms with Crippen LogP contribution in [0.1, 0.15) is 26.2 Å². The number of nitro groups is 1. The number of nitrogens with zero attached hydrogens (tertiary/aromatic N) is 1. The van der Waals surface area contributed by atoms with Crippen molar-refractivity contribution in [1.29, 1.82) is 0 Å². The third-order valence-electron chi connectivity index (χ3n) is 3.61. The minimum absolute atomic E-state index is 0.0879. The molecule has 104 valence electrons. The maximum absolute atomic E-state index is 10.7. The third kappa shape index (κ3) is 3.51. The number of halogens is 2. The van der Waals surface area contributed by atoms with Gasteiger partial charge in [0, 0.05) is 18.7 Å². The van der Waals surface area contributed by atoms with Crippen LogP contribution in [0.2, 0.25) is 10.0 Å². The summed E-state index contributed by atoms with van der Waals surface area (Å²) in [6, 6.07) is 2.65. The topological polar surface area (TPSA) is 55.2 Å². The van der Waals surface area contributed by atoms with E-state index in [4.69, 9.17) is 23.2 Å². The van der Waals surface area contributed by atoms with Crippen molar-refractivity contribution in [3.8, 4) is 0 Å². The van der Waals surface area contributed by atoms with Crippen molar-refractivity contribution in [1.82, 2.24) is 0 Å². The number of hydrogen-bond acceptors (Lipinski definition) is 3. The Kier molecular flexibility index (Phi) is 4.53. The van der Waals surface area contributed by atoms with E-state index in [1.807, 2.05) is 0 Å². The maximum atomic E-state index is 10.7. The molecule has 2 atom stereocenters. The highest BCUT2D eigenvalue weighted by atomic mass is 35.5. The Labute approximate surface area is 122 Å². The summed E-state index contributed by atoms with van der Waals surface area (Å²) in [5.41, 5.74) is 0.503. The minimum Gasteiger partial charge on any atom is -0.382 e. The van der Waals surface area contributed by atoms with Gasteiger partial charge in [-0.2, -0.15) is 0 Å². The molecule has 0 radical (unpaired) electrons. The van der Waals surface area contributed by atoms with Crippen LogP contribution in [0.4, 0.5) is 11.4 Å². The predicted octanol–water partition coefficient (Wildman–Crippen LogP) is 4.75. The van der Waals surface area contributed by atoms with Gasteiger partial charge in [-0.1, -0.05) is 36.5 Å². The van der Waals surface area contributed by atoms with Crippen molar-refractivity contribution in [2.75, 3.05) is 11.9 Å². The first-order chi connectivity index (χ1) is 8.97. The highest BCUT2D eigenvalue weighted by Crippen LogP contribution is 2.36. The van der Waals surface area contributed by atoms with Crippen molar-refractivity contribution in [2.45, 2.75) is 26.2 Å². The molecule has 1 saturated carbocycles. The zero-order valence-electron chi connectivity index (χ0n) is 10.7. The first-order valence-corrected chi connectivity index (χ1v) is 7.10. The fourth-order valence-electron chi connectivity index (χ4n) is 2.59. The van der Waals surface area contributed by atoms with Gasteiger partial charge in [-0.25, -0.2) is 0 Å². The van der Waals surface area contributed by atoms with Crippen LogP contribution in [-0.2, 0) is 0 Å². The van der Waals surface area contributed by atoms with Crippen molar-refractivity contribution in [3.63, 3.8) is 0 Å². The van der Waals surface area contributed by atoms with Crippen LogP contribution in [0.5, 0.6) is 0 Å². The fourth-order valence-corrected chi connectivity index (χ4v) is 3.20. The first kappa shape index (κ1) is 14.4. The average molecular weight is 303 g/mol. The number of nitro benzene ring substituents is 1. The van der Waals surface area contributed by atoms with E-state index in [0.29, 0.717) is 21.7 Å². The molecule has 0 heterocycles. The van der Waals surface area contributed by atoms with E-state index in [-0.39, 0.29) is 5.69 Å². The Morgan fingerprint density at radius 1 is 1.37 bits per heavy atom. The molecule has 0 spiro atoms. The molecule has 2 unspecified atom stereocenters. The molecule has 1 fully saturated rings. The molecule has 2 rings (SSSR count). The highest BCUT2D eigenvalue weighted by molar-refractivity contribution is 6.39. The van der Waals surface area contributed by atoms with Crippen LogP contribution < -0.4 is 5.32 Å². The normalized spacial score (nSPS) is 22.5. The zero-order chi connectivity index (χ0) is 14.0. The summed E-state index contributed by atoms with van der Waals surface area (Å²) in [7, 11) is 0. The molecule has 1 aromatic rings. The van der Waals surface area contributed by atoms with Gasteiger partial charge in [0.25, 0.3) is 5.69 Å². The molecule has 1 aliphatic carbocycles. The molecule has 1 aromatic carbocycles. The van der Waals surface area contributed by atoms with Gasteiger partial charge in [-0.15, -0.1) is 0 Å². The smallest absolute Gasteiger partial charge is 0.272 e. The van der Waals surface area contributed by atoms with Gasteiger partial charge >= 0.3 is 0 Å². The SMILES string of the molecule is CC1CCC(CNc2c(Cl)cc([N+](=O)[O-])cc2Cl)C1. The largest absolute Gasteiger partial charge is 0.382 e. The Hall–Kier alpha value is -1.00. The highest BCUT2D eigenvalue weighted by Gasteiger charge is 2.22. The van der Waals surface area contributed by atoms with Crippen LogP contribution in [0.3, 0.4) is 0 Å². The Bertz CT molecular complexity index is 471. The summed E-state index contributed by atoms with van der Waals surface area (Å²) in [5, 5.41) is 14.5. The van der Waals surface area contributed by atoms with Crippen LogP contribution in [-0.4, -0.2) is 11.5 Å². The lowest BCUT2D eigenvalue weighted by molar-refractivity contribution is -0.384. The monoisotopic (exact) mass is 302 g/mol. The van der Waals surface area contributed by atoms with Gasteiger partial charge in [0.15, 0.2) is 0 Å². The molecule has 0 aliphatic heterocycles. The maximum Gasteiger partial charge on any atom is 0.272 e. The quantitative estimate of drug-likeness (QED) is 0.645. The van der Waals surface area contributed by atoms with Gasteiger partial charge < -0.3 is 5.32 Å². The summed E-state index contributed by atoms with van der Waals surface area (Å²) in [6.07, 6.45) is 3.67. The van der Waals surface area contributed by atoms with Crippen molar-refractivity contribution >= 4 is 34.6 Å². The van der Waals surface area contributed by atoms with Gasteiger partial charge in [0.1, 0.15) is 0 Å². The van der Waals surface area contributed by atoms with Crippen molar-refractivity contribution in [2.24, 2.45) is 11.8 Å². The lowest BCUT2D eigenvalue weighted by Crippen LogP contribution is -2.12. The lowest BCUT2D eigenvalue weighted by atomic mass is 10.1. The molecule has 1 aliphatic rings. The van der Waals surface area contributed by atoms with E-state index < -0.39 is 4.92 Å². The summed E-state index contributed by atoms with van der Waals surface area (Å²) < 4.78 is 0. The van der Waals surface area contributed by atoms with E-state index in [1.165, 1.54) is 31.4 Å². The second kappa shape index (κ2) is 5.97. The van der Waals surface area contributed by atoms with E-state index in [1.54, 1.807) is 0 Å². The Morgan fingerprint density at radius 3 is 2.47 bits per heavy atom. The minimum atomic E-state index is -0.500. The Balaban J connectivity index is 2.06. The second-order valence-electron chi connectivity index (χ2n) is 5.21. The molecule has 0 saturated heterocycles. The van der Waals surface area contributed by atoms with Gasteiger partial charge in [0.2, 0.25) is 0 Å². The van der Waals surface area contributed by atoms with Gasteiger partial charge in [-0.05, 0) is 24.7 Å².